The number of nitrogens with one attached hydrogen (secondary N) is 1. The van der Waals surface area contributed by atoms with E-state index in [-0.39, 0.29) is 0 Å². The number of hydrogen-bond acceptors (Lipinski definition) is 3. The molecule has 17 heavy (non-hydrogen) atoms. The summed E-state index contributed by atoms with van der Waals surface area (Å²) >= 11 is 0. The molecule has 0 fully saturated rings. The highest BCUT2D eigenvalue weighted by molar-refractivity contribution is 5.50. The van der Waals surface area contributed by atoms with Gasteiger partial charge in [0.25, 0.3) is 0 Å². The van der Waals surface area contributed by atoms with E-state index in [4.69, 9.17) is 0 Å². The molecule has 3 nitrogen and oxygen atoms in total. The van der Waals surface area contributed by atoms with Gasteiger partial charge in [0.15, 0.2) is 0 Å². The molecule has 1 aliphatic rings. The monoisotopic (exact) mass is 231 g/mol. The minimum absolute atomic E-state index is 0.338. The van der Waals surface area contributed by atoms with Gasteiger partial charge in [-0.3, -0.25) is 0 Å². The van der Waals surface area contributed by atoms with Crippen LogP contribution < -0.4 is 10.2 Å². The van der Waals surface area contributed by atoms with E-state index in [0.717, 1.165) is 25.3 Å². The summed E-state index contributed by atoms with van der Waals surface area (Å²) in [7, 11) is 1.99. The summed E-state index contributed by atoms with van der Waals surface area (Å²) in [5.41, 5.74) is 2.72. The van der Waals surface area contributed by atoms with E-state index in [2.05, 4.69) is 41.2 Å². The van der Waals surface area contributed by atoms with Crippen molar-refractivity contribution in [3.05, 3.63) is 35.5 Å². The first-order valence-electron chi connectivity index (χ1n) is 6.25. The molecule has 2 rings (SSSR count). The first-order valence-corrected chi connectivity index (χ1v) is 6.25. The van der Waals surface area contributed by atoms with Gasteiger partial charge < -0.3 is 10.2 Å². The van der Waals surface area contributed by atoms with Crippen molar-refractivity contribution in [3.63, 3.8) is 0 Å². The lowest BCUT2D eigenvalue weighted by Gasteiger charge is -2.30. The Morgan fingerprint density at radius 1 is 1.47 bits per heavy atom. The van der Waals surface area contributed by atoms with Crippen molar-refractivity contribution < 1.29 is 0 Å². The van der Waals surface area contributed by atoms with Crippen LogP contribution in [0.1, 0.15) is 31.9 Å². The highest BCUT2D eigenvalue weighted by atomic mass is 15.2. The summed E-state index contributed by atoms with van der Waals surface area (Å²) in [6.45, 7) is 6.43. The summed E-state index contributed by atoms with van der Waals surface area (Å²) < 4.78 is 0. The van der Waals surface area contributed by atoms with Crippen molar-refractivity contribution in [3.8, 4) is 0 Å². The van der Waals surface area contributed by atoms with Gasteiger partial charge in [0, 0.05) is 30.9 Å². The molecule has 0 aliphatic carbocycles. The van der Waals surface area contributed by atoms with Crippen molar-refractivity contribution in [1.82, 2.24) is 10.3 Å². The summed E-state index contributed by atoms with van der Waals surface area (Å²) in [5.74, 6) is 1.13. The molecule has 1 aromatic heterocycles. The highest BCUT2D eigenvalue weighted by Crippen LogP contribution is 2.25. The maximum absolute atomic E-state index is 4.56. The Bertz CT molecular complexity index is 412. The van der Waals surface area contributed by atoms with E-state index in [9.17, 15) is 0 Å². The van der Waals surface area contributed by atoms with Crippen LogP contribution in [0.15, 0.2) is 30.0 Å². The quantitative estimate of drug-likeness (QED) is 0.810. The SMILES string of the molecule is CNC(C)c1cccnc1N1CCC=C(C)C1. The zero-order valence-electron chi connectivity index (χ0n) is 10.9. The predicted octanol–water partition coefficient (Wildman–Crippen LogP) is 2.52. The van der Waals surface area contributed by atoms with Crippen molar-refractivity contribution in [2.45, 2.75) is 26.3 Å². The van der Waals surface area contributed by atoms with Gasteiger partial charge in [0.05, 0.1) is 0 Å². The molecule has 0 radical (unpaired) electrons. The second-order valence-electron chi connectivity index (χ2n) is 4.69. The molecule has 1 aromatic rings. The van der Waals surface area contributed by atoms with Gasteiger partial charge in [0.2, 0.25) is 0 Å². The summed E-state index contributed by atoms with van der Waals surface area (Å²) in [6, 6.07) is 4.51. The van der Waals surface area contributed by atoms with Gasteiger partial charge in [-0.05, 0) is 33.4 Å². The lowest BCUT2D eigenvalue weighted by molar-refractivity contribution is 0.642. The van der Waals surface area contributed by atoms with E-state index in [1.165, 1.54) is 11.1 Å². The first kappa shape index (κ1) is 12.1. The van der Waals surface area contributed by atoms with Crippen LogP contribution in [0.25, 0.3) is 0 Å². The zero-order valence-corrected chi connectivity index (χ0v) is 10.9. The molecular weight excluding hydrogens is 210 g/mol. The van der Waals surface area contributed by atoms with Gasteiger partial charge in [-0.15, -0.1) is 0 Å². The number of aromatic nitrogens is 1. The van der Waals surface area contributed by atoms with E-state index >= 15 is 0 Å². The van der Waals surface area contributed by atoms with Crippen LogP contribution >= 0.6 is 0 Å². The van der Waals surface area contributed by atoms with E-state index in [1.807, 2.05) is 19.3 Å². The Morgan fingerprint density at radius 2 is 2.29 bits per heavy atom. The van der Waals surface area contributed by atoms with Crippen LogP contribution in [0.5, 0.6) is 0 Å². The van der Waals surface area contributed by atoms with Crippen LogP contribution in [0.4, 0.5) is 5.82 Å². The molecule has 1 atom stereocenters. The third kappa shape index (κ3) is 2.67. The average molecular weight is 231 g/mol. The maximum Gasteiger partial charge on any atom is 0.133 e. The van der Waals surface area contributed by atoms with Crippen molar-refractivity contribution in [1.29, 1.82) is 0 Å². The second kappa shape index (κ2) is 5.32. The smallest absolute Gasteiger partial charge is 0.133 e. The largest absolute Gasteiger partial charge is 0.352 e. The lowest BCUT2D eigenvalue weighted by atomic mass is 10.1. The molecule has 1 N–H and O–H groups in total. The van der Waals surface area contributed by atoms with Crippen LogP contribution in [-0.4, -0.2) is 25.1 Å². The fourth-order valence-electron chi connectivity index (χ4n) is 2.26. The fourth-order valence-corrected chi connectivity index (χ4v) is 2.26. The molecule has 2 heterocycles. The molecule has 0 aromatic carbocycles. The Hall–Kier alpha value is -1.35. The van der Waals surface area contributed by atoms with E-state index in [0.29, 0.717) is 6.04 Å². The Kier molecular flexibility index (Phi) is 3.79. The number of rotatable bonds is 3. The molecule has 0 saturated carbocycles. The first-order chi connectivity index (χ1) is 8.22. The average Bonchev–Trinajstić information content (AvgIpc) is 2.38. The third-order valence-electron chi connectivity index (χ3n) is 3.35. The molecule has 1 aliphatic heterocycles. The molecule has 0 bridgehead atoms. The predicted molar refractivity (Wildman–Crippen MR) is 72.3 cm³/mol. The van der Waals surface area contributed by atoms with Gasteiger partial charge in [-0.25, -0.2) is 4.98 Å². The summed E-state index contributed by atoms with van der Waals surface area (Å²) in [5, 5.41) is 3.29. The summed E-state index contributed by atoms with van der Waals surface area (Å²) in [6.07, 6.45) is 5.32. The number of nitrogens with zero attached hydrogens (tertiary/aromatic N) is 2. The standard InChI is InChI=1S/C14H21N3/c1-11-6-5-9-17(10-11)14-13(12(2)15-3)7-4-8-16-14/h4,6-8,12,15H,5,9-10H2,1-3H3. The normalized spacial score (nSPS) is 17.8. The lowest BCUT2D eigenvalue weighted by Crippen LogP contribution is -2.31. The number of pyridine rings is 1. The Balaban J connectivity index is 2.28. The highest BCUT2D eigenvalue weighted by Gasteiger charge is 2.17. The molecule has 1 unspecified atom stereocenters. The van der Waals surface area contributed by atoms with Crippen molar-refractivity contribution in [2.75, 3.05) is 25.0 Å². The fraction of sp³-hybridized carbons (Fsp3) is 0.500. The van der Waals surface area contributed by atoms with Crippen LogP contribution in [0, 0.1) is 0 Å². The number of anilines is 1. The van der Waals surface area contributed by atoms with Gasteiger partial charge in [-0.1, -0.05) is 17.7 Å². The zero-order chi connectivity index (χ0) is 12.3. The van der Waals surface area contributed by atoms with Crippen LogP contribution in [0.2, 0.25) is 0 Å². The Labute approximate surface area is 104 Å². The number of hydrogen-bond donors (Lipinski definition) is 1. The van der Waals surface area contributed by atoms with Crippen molar-refractivity contribution >= 4 is 5.82 Å². The second-order valence-corrected chi connectivity index (χ2v) is 4.69. The molecule has 0 saturated heterocycles. The maximum atomic E-state index is 4.56. The van der Waals surface area contributed by atoms with E-state index < -0.39 is 0 Å². The van der Waals surface area contributed by atoms with Gasteiger partial charge in [-0.2, -0.15) is 0 Å². The van der Waals surface area contributed by atoms with Crippen LogP contribution in [-0.2, 0) is 0 Å². The molecular formula is C14H21N3. The third-order valence-corrected chi connectivity index (χ3v) is 3.35. The minimum Gasteiger partial charge on any atom is -0.352 e. The molecule has 0 spiro atoms. The minimum atomic E-state index is 0.338. The summed E-state index contributed by atoms with van der Waals surface area (Å²) in [4.78, 5) is 6.94. The van der Waals surface area contributed by atoms with Crippen LogP contribution in [0.3, 0.4) is 0 Å². The molecule has 3 heteroatoms. The molecule has 0 amide bonds. The van der Waals surface area contributed by atoms with Gasteiger partial charge >= 0.3 is 0 Å². The molecule has 92 valence electrons. The van der Waals surface area contributed by atoms with Gasteiger partial charge in [0.1, 0.15) is 5.82 Å². The topological polar surface area (TPSA) is 28.2 Å². The van der Waals surface area contributed by atoms with E-state index in [1.54, 1.807) is 0 Å². The van der Waals surface area contributed by atoms with Crippen molar-refractivity contribution in [2.24, 2.45) is 0 Å². The Morgan fingerprint density at radius 3 is 3.00 bits per heavy atom.